The van der Waals surface area contributed by atoms with E-state index in [4.69, 9.17) is 27.9 Å². The molecule has 2 aliphatic rings. The summed E-state index contributed by atoms with van der Waals surface area (Å²) in [4.78, 5) is 12.5. The third-order valence-electron chi connectivity index (χ3n) is 5.24. The van der Waals surface area contributed by atoms with E-state index in [2.05, 4.69) is 10.6 Å². The van der Waals surface area contributed by atoms with Crippen LogP contribution in [-0.2, 0) is 9.53 Å². The van der Waals surface area contributed by atoms with Gasteiger partial charge in [-0.05, 0) is 56.0 Å². The van der Waals surface area contributed by atoms with Gasteiger partial charge in [0.05, 0.1) is 6.61 Å². The molecule has 24 heavy (non-hydrogen) atoms. The molecule has 0 bridgehead atoms. The van der Waals surface area contributed by atoms with Crippen molar-refractivity contribution in [2.45, 2.75) is 25.2 Å². The molecule has 1 aromatic rings. The zero-order chi connectivity index (χ0) is 17.2. The lowest BCUT2D eigenvalue weighted by Gasteiger charge is -2.37. The number of carbonyl (C=O) groups is 1. The lowest BCUT2D eigenvalue weighted by Crippen LogP contribution is -2.47. The Morgan fingerprint density at radius 2 is 2.12 bits per heavy atom. The van der Waals surface area contributed by atoms with Gasteiger partial charge in [-0.25, -0.2) is 0 Å². The van der Waals surface area contributed by atoms with Crippen molar-refractivity contribution in [2.75, 3.05) is 33.4 Å². The van der Waals surface area contributed by atoms with Crippen LogP contribution >= 0.6 is 23.2 Å². The third kappa shape index (κ3) is 4.05. The van der Waals surface area contributed by atoms with Crippen molar-refractivity contribution in [3.63, 3.8) is 0 Å². The summed E-state index contributed by atoms with van der Waals surface area (Å²) in [5.74, 6) is 0.353. The van der Waals surface area contributed by atoms with Crippen LogP contribution in [0.3, 0.4) is 0 Å². The fraction of sp³-hybridized carbons (Fsp3) is 0.611. The van der Waals surface area contributed by atoms with Gasteiger partial charge in [0, 0.05) is 35.0 Å². The highest BCUT2D eigenvalue weighted by Gasteiger charge is 2.45. The van der Waals surface area contributed by atoms with E-state index in [0.717, 1.165) is 37.9 Å². The molecule has 2 atom stereocenters. The molecule has 3 rings (SSSR count). The van der Waals surface area contributed by atoms with Gasteiger partial charge in [0.25, 0.3) is 0 Å². The maximum absolute atomic E-state index is 12.5. The van der Waals surface area contributed by atoms with Gasteiger partial charge >= 0.3 is 0 Å². The van der Waals surface area contributed by atoms with Crippen LogP contribution in [-0.4, -0.2) is 39.3 Å². The molecule has 0 aromatic heterocycles. The first-order valence-electron chi connectivity index (χ1n) is 8.47. The molecule has 1 saturated carbocycles. The predicted octanol–water partition coefficient (Wildman–Crippen LogP) is 3.23. The highest BCUT2D eigenvalue weighted by atomic mass is 35.5. The quantitative estimate of drug-likeness (QED) is 0.807. The van der Waals surface area contributed by atoms with Gasteiger partial charge in [-0.2, -0.15) is 0 Å². The number of hydrogen-bond donors (Lipinski definition) is 2. The number of rotatable bonds is 6. The first-order chi connectivity index (χ1) is 11.5. The minimum absolute atomic E-state index is 0.0185. The Balaban J connectivity index is 1.56. The average molecular weight is 371 g/mol. The van der Waals surface area contributed by atoms with E-state index in [9.17, 15) is 4.79 Å². The second kappa shape index (κ2) is 7.61. The Morgan fingerprint density at radius 3 is 2.79 bits per heavy atom. The highest BCUT2D eigenvalue weighted by molar-refractivity contribution is 6.35. The van der Waals surface area contributed by atoms with E-state index in [1.165, 1.54) is 0 Å². The van der Waals surface area contributed by atoms with Crippen LogP contribution < -0.4 is 10.6 Å². The van der Waals surface area contributed by atoms with Gasteiger partial charge in [0.15, 0.2) is 0 Å². The molecular formula is C18H24Cl2N2O2. The van der Waals surface area contributed by atoms with E-state index >= 15 is 0 Å². The van der Waals surface area contributed by atoms with Crippen LogP contribution in [0.15, 0.2) is 18.2 Å². The summed E-state index contributed by atoms with van der Waals surface area (Å²) < 4.78 is 5.40. The number of benzene rings is 1. The molecule has 0 radical (unpaired) electrons. The van der Waals surface area contributed by atoms with Gasteiger partial charge in [0.2, 0.25) is 5.91 Å². The number of amides is 1. The largest absolute Gasteiger partial charge is 0.384 e. The smallest absolute Gasteiger partial charge is 0.223 e. The van der Waals surface area contributed by atoms with E-state index in [1.54, 1.807) is 13.2 Å². The SMILES string of the molecule is COCC1(CNC(=O)C2CC2c2ccc(Cl)cc2Cl)CCNCC1. The molecule has 2 N–H and O–H groups in total. The molecule has 1 aliphatic heterocycles. The molecule has 1 heterocycles. The van der Waals surface area contributed by atoms with E-state index < -0.39 is 0 Å². The fourth-order valence-corrected chi connectivity index (χ4v) is 4.22. The number of methoxy groups -OCH3 is 1. The van der Waals surface area contributed by atoms with Gasteiger partial charge in [0.1, 0.15) is 0 Å². The van der Waals surface area contributed by atoms with Gasteiger partial charge in [-0.15, -0.1) is 0 Å². The number of carbonyl (C=O) groups excluding carboxylic acids is 1. The summed E-state index contributed by atoms with van der Waals surface area (Å²) in [6.45, 7) is 3.32. The minimum atomic E-state index is 0.0185. The lowest BCUT2D eigenvalue weighted by atomic mass is 9.79. The van der Waals surface area contributed by atoms with Crippen LogP contribution in [0.5, 0.6) is 0 Å². The Labute approximate surface area is 153 Å². The summed E-state index contributed by atoms with van der Waals surface area (Å²) in [5, 5.41) is 7.79. The molecule has 0 spiro atoms. The monoisotopic (exact) mass is 370 g/mol. The summed E-state index contributed by atoms with van der Waals surface area (Å²) >= 11 is 12.2. The molecular weight excluding hydrogens is 347 g/mol. The first-order valence-corrected chi connectivity index (χ1v) is 9.23. The van der Waals surface area contributed by atoms with Crippen LogP contribution in [0, 0.1) is 11.3 Å². The number of hydrogen-bond acceptors (Lipinski definition) is 3. The average Bonchev–Trinajstić information content (AvgIpc) is 3.34. The molecule has 1 amide bonds. The number of piperidine rings is 1. The fourth-order valence-electron chi connectivity index (χ4n) is 3.67. The van der Waals surface area contributed by atoms with Crippen LogP contribution in [0.1, 0.15) is 30.7 Å². The van der Waals surface area contributed by atoms with E-state index in [-0.39, 0.29) is 23.2 Å². The van der Waals surface area contributed by atoms with Crippen LogP contribution in [0.2, 0.25) is 10.0 Å². The Morgan fingerprint density at radius 1 is 1.38 bits per heavy atom. The van der Waals surface area contributed by atoms with Crippen molar-refractivity contribution in [3.8, 4) is 0 Å². The summed E-state index contributed by atoms with van der Waals surface area (Å²) in [6.07, 6.45) is 2.91. The summed E-state index contributed by atoms with van der Waals surface area (Å²) in [6, 6.07) is 5.51. The van der Waals surface area contributed by atoms with Crippen LogP contribution in [0.25, 0.3) is 0 Å². The Hall–Kier alpha value is -0.810. The zero-order valence-electron chi connectivity index (χ0n) is 13.9. The number of ether oxygens (including phenoxy) is 1. The van der Waals surface area contributed by atoms with Crippen molar-refractivity contribution in [2.24, 2.45) is 11.3 Å². The second-order valence-electron chi connectivity index (χ2n) is 7.02. The van der Waals surface area contributed by atoms with Crippen molar-refractivity contribution in [3.05, 3.63) is 33.8 Å². The molecule has 4 nitrogen and oxygen atoms in total. The maximum atomic E-state index is 12.5. The van der Waals surface area contributed by atoms with Crippen molar-refractivity contribution >= 4 is 29.1 Å². The molecule has 1 aliphatic carbocycles. The van der Waals surface area contributed by atoms with Gasteiger partial charge in [-0.3, -0.25) is 4.79 Å². The predicted molar refractivity (Wildman–Crippen MR) is 96.7 cm³/mol. The normalized spacial score (nSPS) is 25.3. The Kier molecular flexibility index (Phi) is 5.70. The standard InChI is InChI=1S/C18H24Cl2N2O2/c1-24-11-18(4-6-21-7-5-18)10-22-17(23)15-9-14(15)13-3-2-12(19)8-16(13)20/h2-3,8,14-15,21H,4-7,9-11H2,1H3,(H,22,23). The molecule has 6 heteroatoms. The van der Waals surface area contributed by atoms with Crippen molar-refractivity contribution < 1.29 is 9.53 Å². The molecule has 1 saturated heterocycles. The summed E-state index contributed by atoms with van der Waals surface area (Å²) in [7, 11) is 1.73. The number of nitrogens with one attached hydrogen (secondary N) is 2. The van der Waals surface area contributed by atoms with Crippen molar-refractivity contribution in [1.82, 2.24) is 10.6 Å². The zero-order valence-corrected chi connectivity index (χ0v) is 15.4. The topological polar surface area (TPSA) is 50.4 Å². The van der Waals surface area contributed by atoms with Gasteiger partial charge < -0.3 is 15.4 Å². The van der Waals surface area contributed by atoms with Crippen LogP contribution in [0.4, 0.5) is 0 Å². The van der Waals surface area contributed by atoms with E-state index in [1.807, 2.05) is 12.1 Å². The Bertz CT molecular complexity index is 597. The molecule has 1 aromatic carbocycles. The third-order valence-corrected chi connectivity index (χ3v) is 5.80. The highest BCUT2D eigenvalue weighted by Crippen LogP contribution is 2.50. The molecule has 2 fully saturated rings. The van der Waals surface area contributed by atoms with Gasteiger partial charge in [-0.1, -0.05) is 29.3 Å². The minimum Gasteiger partial charge on any atom is -0.384 e. The van der Waals surface area contributed by atoms with Crippen molar-refractivity contribution in [1.29, 1.82) is 0 Å². The summed E-state index contributed by atoms with van der Waals surface area (Å²) in [5.41, 5.74) is 1.08. The molecule has 132 valence electrons. The number of halogens is 2. The lowest BCUT2D eigenvalue weighted by molar-refractivity contribution is -0.123. The second-order valence-corrected chi connectivity index (χ2v) is 7.86. The molecule has 2 unspecified atom stereocenters. The maximum Gasteiger partial charge on any atom is 0.223 e. The van der Waals surface area contributed by atoms with E-state index in [0.29, 0.717) is 23.2 Å². The first kappa shape index (κ1) is 18.0.